The zero-order valence-electron chi connectivity index (χ0n) is 7.13. The van der Waals surface area contributed by atoms with Gasteiger partial charge in [-0.2, -0.15) is 0 Å². The van der Waals surface area contributed by atoms with Crippen molar-refractivity contribution in [3.8, 4) is 0 Å². The fourth-order valence-corrected chi connectivity index (χ4v) is 1.14. The predicted molar refractivity (Wildman–Crippen MR) is 51.7 cm³/mol. The maximum absolute atomic E-state index is 4.89. The van der Waals surface area contributed by atoms with Crippen molar-refractivity contribution < 1.29 is 0 Å². The molecular formula is C8H13N3S. The normalized spacial score (nSPS) is 10.1. The van der Waals surface area contributed by atoms with Gasteiger partial charge in [0.1, 0.15) is 0 Å². The minimum absolute atomic E-state index is 0.559. The molecule has 0 atom stereocenters. The number of H-pyrrole nitrogens is 1. The number of aromatic nitrogens is 2. The molecule has 0 spiro atoms. The maximum Gasteiger partial charge on any atom is 0.196 e. The summed E-state index contributed by atoms with van der Waals surface area (Å²) < 4.78 is 0.559. The first kappa shape index (κ1) is 9.35. The molecule has 0 radical (unpaired) electrons. The molecule has 1 aromatic rings. The molecule has 1 aromatic heterocycles. The van der Waals surface area contributed by atoms with Gasteiger partial charge in [0.05, 0.1) is 0 Å². The second kappa shape index (κ2) is 5.00. The summed E-state index contributed by atoms with van der Waals surface area (Å²) in [5, 5.41) is 3.24. The average molecular weight is 183 g/mol. The van der Waals surface area contributed by atoms with Gasteiger partial charge in [0.2, 0.25) is 0 Å². The molecule has 0 fully saturated rings. The van der Waals surface area contributed by atoms with Crippen LogP contribution in [0.25, 0.3) is 0 Å². The summed E-state index contributed by atoms with van der Waals surface area (Å²) >= 11 is 4.89. The van der Waals surface area contributed by atoms with Gasteiger partial charge < -0.3 is 10.3 Å². The quantitative estimate of drug-likeness (QED) is 0.546. The van der Waals surface area contributed by atoms with Crippen molar-refractivity contribution in [3.63, 3.8) is 0 Å². The summed E-state index contributed by atoms with van der Waals surface area (Å²) in [4.78, 5) is 6.94. The van der Waals surface area contributed by atoms with Gasteiger partial charge in [-0.25, -0.2) is 4.98 Å². The van der Waals surface area contributed by atoms with Crippen molar-refractivity contribution >= 4 is 12.2 Å². The average Bonchev–Trinajstić information content (AvgIpc) is 2.05. The molecule has 3 nitrogen and oxygen atoms in total. The van der Waals surface area contributed by atoms with Crippen molar-refractivity contribution in [1.82, 2.24) is 15.3 Å². The number of likely N-dealkylation sites (N-methyl/N-ethyl adjacent to an activating group) is 1. The van der Waals surface area contributed by atoms with E-state index >= 15 is 0 Å². The van der Waals surface area contributed by atoms with Crippen molar-refractivity contribution in [2.45, 2.75) is 13.3 Å². The third kappa shape index (κ3) is 3.11. The van der Waals surface area contributed by atoms with Crippen LogP contribution in [-0.4, -0.2) is 23.1 Å². The third-order valence-electron chi connectivity index (χ3n) is 1.56. The lowest BCUT2D eigenvalue weighted by Crippen LogP contribution is -2.16. The zero-order valence-corrected chi connectivity index (χ0v) is 7.95. The molecule has 0 aliphatic carbocycles. The molecule has 0 bridgehead atoms. The van der Waals surface area contributed by atoms with Gasteiger partial charge in [-0.05, 0) is 24.8 Å². The van der Waals surface area contributed by atoms with Crippen molar-refractivity contribution in [2.24, 2.45) is 0 Å². The lowest BCUT2D eigenvalue weighted by molar-refractivity contribution is 0.706. The van der Waals surface area contributed by atoms with Gasteiger partial charge in [0.25, 0.3) is 0 Å². The van der Waals surface area contributed by atoms with Crippen molar-refractivity contribution in [3.05, 3.63) is 22.7 Å². The fraction of sp³-hybridized carbons (Fsp3) is 0.500. The molecule has 1 rings (SSSR count). The van der Waals surface area contributed by atoms with Crippen LogP contribution in [0.5, 0.6) is 0 Å². The van der Waals surface area contributed by atoms with Crippen LogP contribution >= 0.6 is 12.2 Å². The maximum atomic E-state index is 4.89. The van der Waals surface area contributed by atoms with Crippen LogP contribution in [0.4, 0.5) is 0 Å². The Morgan fingerprint density at radius 3 is 3.17 bits per heavy atom. The lowest BCUT2D eigenvalue weighted by atomic mass is 10.3. The molecule has 0 amide bonds. The summed E-state index contributed by atoms with van der Waals surface area (Å²) in [5.74, 6) is 0. The fourth-order valence-electron chi connectivity index (χ4n) is 0.952. The van der Waals surface area contributed by atoms with Crippen LogP contribution in [0.3, 0.4) is 0 Å². The first-order chi connectivity index (χ1) is 5.83. The molecule has 0 unspecified atom stereocenters. The predicted octanol–water partition coefficient (Wildman–Crippen LogP) is 1.29. The number of hydrogen-bond donors (Lipinski definition) is 2. The highest BCUT2D eigenvalue weighted by molar-refractivity contribution is 7.71. The Morgan fingerprint density at radius 1 is 1.67 bits per heavy atom. The van der Waals surface area contributed by atoms with E-state index in [2.05, 4.69) is 22.2 Å². The zero-order chi connectivity index (χ0) is 8.81. The lowest BCUT2D eigenvalue weighted by Gasteiger charge is -2.00. The van der Waals surface area contributed by atoms with E-state index in [1.54, 1.807) is 6.20 Å². The monoisotopic (exact) mass is 183 g/mol. The molecular weight excluding hydrogens is 170 g/mol. The summed E-state index contributed by atoms with van der Waals surface area (Å²) in [7, 11) is 0. The largest absolute Gasteiger partial charge is 0.334 e. The Balaban J connectivity index is 2.47. The van der Waals surface area contributed by atoms with Crippen LogP contribution < -0.4 is 5.32 Å². The topological polar surface area (TPSA) is 40.7 Å². The van der Waals surface area contributed by atoms with Gasteiger partial charge in [-0.1, -0.05) is 6.92 Å². The number of hydrogen-bond acceptors (Lipinski definition) is 3. The Labute approximate surface area is 77.2 Å². The molecule has 66 valence electrons. The Bertz CT molecular complexity index is 282. The number of nitrogens with one attached hydrogen (secondary N) is 2. The second-order valence-corrected chi connectivity index (χ2v) is 2.89. The molecule has 0 aliphatic heterocycles. The standard InChI is InChI=1S/C8H13N3S/c1-2-9-5-3-7-4-6-10-8(12)11-7/h4,6,9H,2-3,5H2,1H3,(H,10,11,12). The van der Waals surface area contributed by atoms with Gasteiger partial charge in [0.15, 0.2) is 4.77 Å². The molecule has 1 heterocycles. The first-order valence-electron chi connectivity index (χ1n) is 4.08. The van der Waals surface area contributed by atoms with Crippen molar-refractivity contribution in [2.75, 3.05) is 13.1 Å². The Hall–Kier alpha value is -0.740. The van der Waals surface area contributed by atoms with Crippen LogP contribution in [0.1, 0.15) is 12.6 Å². The van der Waals surface area contributed by atoms with E-state index in [1.807, 2.05) is 6.07 Å². The highest BCUT2D eigenvalue weighted by atomic mass is 32.1. The highest BCUT2D eigenvalue weighted by Crippen LogP contribution is 1.92. The number of nitrogens with zero attached hydrogens (tertiary/aromatic N) is 1. The van der Waals surface area contributed by atoms with Gasteiger partial charge in [-0.3, -0.25) is 0 Å². The van der Waals surface area contributed by atoms with E-state index in [-0.39, 0.29) is 0 Å². The van der Waals surface area contributed by atoms with Crippen LogP contribution in [-0.2, 0) is 6.42 Å². The molecule has 0 saturated carbocycles. The SMILES string of the molecule is CCNCCc1ccnc(=S)[nH]1. The second-order valence-electron chi connectivity index (χ2n) is 2.50. The minimum Gasteiger partial charge on any atom is -0.334 e. The molecule has 0 aromatic carbocycles. The van der Waals surface area contributed by atoms with Crippen LogP contribution in [0.15, 0.2) is 12.3 Å². The van der Waals surface area contributed by atoms with E-state index in [0.29, 0.717) is 4.77 Å². The molecule has 12 heavy (non-hydrogen) atoms. The summed E-state index contributed by atoms with van der Waals surface area (Å²) in [6.45, 7) is 4.08. The highest BCUT2D eigenvalue weighted by Gasteiger charge is 1.90. The minimum atomic E-state index is 0.559. The summed E-state index contributed by atoms with van der Waals surface area (Å²) in [6.07, 6.45) is 2.71. The van der Waals surface area contributed by atoms with E-state index in [0.717, 1.165) is 25.2 Å². The number of aromatic amines is 1. The van der Waals surface area contributed by atoms with E-state index < -0.39 is 0 Å². The molecule has 0 saturated heterocycles. The Kier molecular flexibility index (Phi) is 3.90. The molecule has 2 N–H and O–H groups in total. The van der Waals surface area contributed by atoms with Gasteiger partial charge in [-0.15, -0.1) is 0 Å². The van der Waals surface area contributed by atoms with E-state index in [4.69, 9.17) is 12.2 Å². The van der Waals surface area contributed by atoms with Crippen molar-refractivity contribution in [1.29, 1.82) is 0 Å². The van der Waals surface area contributed by atoms with E-state index in [9.17, 15) is 0 Å². The van der Waals surface area contributed by atoms with E-state index in [1.165, 1.54) is 0 Å². The summed E-state index contributed by atoms with van der Waals surface area (Å²) in [6, 6.07) is 1.95. The molecule has 0 aliphatic rings. The first-order valence-corrected chi connectivity index (χ1v) is 4.48. The van der Waals surface area contributed by atoms with Crippen LogP contribution in [0.2, 0.25) is 0 Å². The summed E-state index contributed by atoms with van der Waals surface area (Å²) in [5.41, 5.74) is 1.14. The van der Waals surface area contributed by atoms with Gasteiger partial charge >= 0.3 is 0 Å². The smallest absolute Gasteiger partial charge is 0.196 e. The van der Waals surface area contributed by atoms with Crippen LogP contribution in [0, 0.1) is 4.77 Å². The Morgan fingerprint density at radius 2 is 2.50 bits per heavy atom. The third-order valence-corrected chi connectivity index (χ3v) is 1.76. The number of rotatable bonds is 4. The molecule has 4 heteroatoms. The van der Waals surface area contributed by atoms with Gasteiger partial charge in [0, 0.05) is 24.9 Å².